The molecule has 0 aliphatic carbocycles. The van der Waals surface area contributed by atoms with E-state index >= 15 is 0 Å². The van der Waals surface area contributed by atoms with Gasteiger partial charge in [-0.1, -0.05) is 60.2 Å². The van der Waals surface area contributed by atoms with Gasteiger partial charge in [-0.15, -0.1) is 0 Å². The molecule has 0 saturated carbocycles. The smallest absolute Gasteiger partial charge is 0.248 e. The summed E-state index contributed by atoms with van der Waals surface area (Å²) in [7, 11) is 0. The minimum atomic E-state index is -0.397. The largest absolute Gasteiger partial charge is 0.366 e. The van der Waals surface area contributed by atoms with Crippen molar-refractivity contribution in [3.8, 4) is 0 Å². The Balaban J connectivity index is 1.83. The van der Waals surface area contributed by atoms with Crippen molar-refractivity contribution in [3.63, 3.8) is 0 Å². The third-order valence-electron chi connectivity index (χ3n) is 4.23. The van der Waals surface area contributed by atoms with Gasteiger partial charge in [0.25, 0.3) is 0 Å². The van der Waals surface area contributed by atoms with Crippen molar-refractivity contribution in [2.75, 3.05) is 4.90 Å². The highest BCUT2D eigenvalue weighted by Gasteiger charge is 2.09. The minimum absolute atomic E-state index is 0.397. The van der Waals surface area contributed by atoms with Gasteiger partial charge in [0.05, 0.1) is 0 Å². The fourth-order valence-corrected chi connectivity index (χ4v) is 2.79. The van der Waals surface area contributed by atoms with Crippen LogP contribution < -0.4 is 10.6 Å². The van der Waals surface area contributed by atoms with Gasteiger partial charge in [-0.05, 0) is 42.3 Å². The van der Waals surface area contributed by atoms with Crippen molar-refractivity contribution in [1.82, 2.24) is 0 Å². The van der Waals surface area contributed by atoms with E-state index in [4.69, 9.17) is 5.73 Å². The van der Waals surface area contributed by atoms with Crippen LogP contribution in [0.4, 0.5) is 5.69 Å². The number of anilines is 1. The summed E-state index contributed by atoms with van der Waals surface area (Å²) in [6.45, 7) is 3.68. The maximum absolute atomic E-state index is 11.2. The number of carbonyl (C=O) groups excluding carboxylic acids is 1. The number of hydrogen-bond donors (Lipinski definition) is 1. The number of nitrogens with two attached hydrogens (primary N) is 1. The monoisotopic (exact) mass is 330 g/mol. The molecular weight excluding hydrogens is 308 g/mol. The van der Waals surface area contributed by atoms with Gasteiger partial charge in [-0.25, -0.2) is 0 Å². The van der Waals surface area contributed by atoms with Gasteiger partial charge in [0.1, 0.15) is 0 Å². The van der Waals surface area contributed by atoms with Gasteiger partial charge in [-0.3, -0.25) is 4.79 Å². The quantitative estimate of drug-likeness (QED) is 0.732. The predicted octanol–water partition coefficient (Wildman–Crippen LogP) is 4.30. The van der Waals surface area contributed by atoms with E-state index in [1.807, 2.05) is 30.3 Å². The lowest BCUT2D eigenvalue weighted by Gasteiger charge is -2.25. The Hall–Kier alpha value is -3.07. The highest BCUT2D eigenvalue weighted by atomic mass is 16.1. The first-order chi connectivity index (χ1) is 12.1. The summed E-state index contributed by atoms with van der Waals surface area (Å²) in [5.41, 5.74) is 10.7. The summed E-state index contributed by atoms with van der Waals surface area (Å²) in [6.07, 6.45) is 0. The Morgan fingerprint density at radius 3 is 1.84 bits per heavy atom. The van der Waals surface area contributed by atoms with Gasteiger partial charge in [0.15, 0.2) is 0 Å². The normalized spacial score (nSPS) is 10.4. The van der Waals surface area contributed by atoms with Gasteiger partial charge in [-0.2, -0.15) is 0 Å². The second-order valence-electron chi connectivity index (χ2n) is 6.24. The molecule has 3 aromatic rings. The number of primary amides is 1. The number of hydrogen-bond acceptors (Lipinski definition) is 2. The topological polar surface area (TPSA) is 46.3 Å². The molecule has 0 radical (unpaired) electrons. The fraction of sp³-hybridized carbons (Fsp3) is 0.136. The second kappa shape index (κ2) is 7.67. The van der Waals surface area contributed by atoms with Crippen molar-refractivity contribution in [2.45, 2.75) is 20.0 Å². The molecule has 2 N–H and O–H groups in total. The third kappa shape index (κ3) is 4.48. The maximum atomic E-state index is 11.2. The van der Waals surface area contributed by atoms with E-state index in [9.17, 15) is 4.79 Å². The molecule has 25 heavy (non-hydrogen) atoms. The summed E-state index contributed by atoms with van der Waals surface area (Å²) in [5, 5.41) is 0. The van der Waals surface area contributed by atoms with Crippen LogP contribution in [-0.4, -0.2) is 5.91 Å². The van der Waals surface area contributed by atoms with Crippen molar-refractivity contribution < 1.29 is 4.79 Å². The Morgan fingerprint density at radius 1 is 0.800 bits per heavy atom. The zero-order valence-electron chi connectivity index (χ0n) is 14.4. The zero-order chi connectivity index (χ0) is 17.6. The van der Waals surface area contributed by atoms with E-state index < -0.39 is 5.91 Å². The van der Waals surface area contributed by atoms with Crippen LogP contribution in [0.25, 0.3) is 0 Å². The van der Waals surface area contributed by atoms with Gasteiger partial charge in [0.2, 0.25) is 5.91 Å². The lowest BCUT2D eigenvalue weighted by molar-refractivity contribution is 0.100. The molecule has 0 aliphatic rings. The number of nitrogens with zero attached hydrogens (tertiary/aromatic N) is 1. The van der Waals surface area contributed by atoms with Crippen LogP contribution >= 0.6 is 0 Å². The molecule has 0 saturated heterocycles. The average Bonchev–Trinajstić information content (AvgIpc) is 2.64. The van der Waals surface area contributed by atoms with Crippen molar-refractivity contribution in [1.29, 1.82) is 0 Å². The fourth-order valence-electron chi connectivity index (χ4n) is 2.79. The predicted molar refractivity (Wildman–Crippen MR) is 102 cm³/mol. The molecule has 0 spiro atoms. The van der Waals surface area contributed by atoms with Crippen LogP contribution in [-0.2, 0) is 13.1 Å². The molecule has 126 valence electrons. The Bertz CT molecular complexity index is 824. The number of carbonyl (C=O) groups is 1. The lowest BCUT2D eigenvalue weighted by Crippen LogP contribution is -2.22. The van der Waals surface area contributed by atoms with Gasteiger partial charge >= 0.3 is 0 Å². The first kappa shape index (κ1) is 16.8. The molecule has 3 heteroatoms. The first-order valence-electron chi connectivity index (χ1n) is 8.36. The van der Waals surface area contributed by atoms with Crippen molar-refractivity contribution >= 4 is 11.6 Å². The van der Waals surface area contributed by atoms with Crippen LogP contribution in [0.15, 0.2) is 78.9 Å². The minimum Gasteiger partial charge on any atom is -0.366 e. The third-order valence-corrected chi connectivity index (χ3v) is 4.23. The van der Waals surface area contributed by atoms with Crippen LogP contribution in [0, 0.1) is 6.92 Å². The van der Waals surface area contributed by atoms with E-state index in [2.05, 4.69) is 48.2 Å². The number of para-hydroxylation sites is 1. The van der Waals surface area contributed by atoms with Crippen molar-refractivity contribution in [2.24, 2.45) is 5.73 Å². The number of rotatable bonds is 6. The van der Waals surface area contributed by atoms with Crippen LogP contribution in [0.3, 0.4) is 0 Å². The Morgan fingerprint density at radius 2 is 1.32 bits per heavy atom. The SMILES string of the molecule is Cc1ccc(CN(Cc2ccc(C(N)=O)cc2)c2ccccc2)cc1. The number of amides is 1. The van der Waals surface area contributed by atoms with Gasteiger partial charge in [0, 0.05) is 24.3 Å². The molecule has 0 atom stereocenters. The summed E-state index contributed by atoms with van der Waals surface area (Å²) >= 11 is 0. The highest BCUT2D eigenvalue weighted by molar-refractivity contribution is 5.92. The Kier molecular flexibility index (Phi) is 5.14. The van der Waals surface area contributed by atoms with E-state index in [1.165, 1.54) is 16.8 Å². The highest BCUT2D eigenvalue weighted by Crippen LogP contribution is 2.20. The molecule has 0 unspecified atom stereocenters. The molecular formula is C22H22N2O. The molecule has 3 nitrogen and oxygen atoms in total. The molecule has 0 fully saturated rings. The Labute approximate surface area is 148 Å². The number of benzene rings is 3. The standard InChI is InChI=1S/C22H22N2O/c1-17-7-9-18(10-8-17)15-24(21-5-3-2-4-6-21)16-19-11-13-20(14-12-19)22(23)25/h2-14H,15-16H2,1H3,(H2,23,25). The van der Waals surface area contributed by atoms with E-state index in [0.717, 1.165) is 18.7 Å². The lowest BCUT2D eigenvalue weighted by atomic mass is 10.1. The van der Waals surface area contributed by atoms with Crippen LogP contribution in [0.1, 0.15) is 27.0 Å². The molecule has 3 aromatic carbocycles. The molecule has 3 rings (SSSR count). The summed E-state index contributed by atoms with van der Waals surface area (Å²) in [5.74, 6) is -0.397. The molecule has 0 aliphatic heterocycles. The van der Waals surface area contributed by atoms with Crippen LogP contribution in [0.5, 0.6) is 0 Å². The van der Waals surface area contributed by atoms with E-state index in [0.29, 0.717) is 5.56 Å². The second-order valence-corrected chi connectivity index (χ2v) is 6.24. The first-order valence-corrected chi connectivity index (χ1v) is 8.36. The molecule has 1 amide bonds. The maximum Gasteiger partial charge on any atom is 0.248 e. The molecule has 0 heterocycles. The molecule has 0 aromatic heterocycles. The molecule has 0 bridgehead atoms. The summed E-state index contributed by atoms with van der Waals surface area (Å²) in [4.78, 5) is 13.6. The van der Waals surface area contributed by atoms with Crippen LogP contribution in [0.2, 0.25) is 0 Å². The zero-order valence-corrected chi connectivity index (χ0v) is 14.4. The average molecular weight is 330 g/mol. The van der Waals surface area contributed by atoms with Gasteiger partial charge < -0.3 is 10.6 Å². The van der Waals surface area contributed by atoms with E-state index in [-0.39, 0.29) is 0 Å². The summed E-state index contributed by atoms with van der Waals surface area (Å²) in [6, 6.07) is 26.5. The van der Waals surface area contributed by atoms with E-state index in [1.54, 1.807) is 12.1 Å². The number of aryl methyl sites for hydroxylation is 1. The van der Waals surface area contributed by atoms with Crippen molar-refractivity contribution in [3.05, 3.63) is 101 Å². The summed E-state index contributed by atoms with van der Waals surface area (Å²) < 4.78 is 0.